The third kappa shape index (κ3) is 3.80. The summed E-state index contributed by atoms with van der Waals surface area (Å²) in [5.41, 5.74) is 0. The zero-order valence-corrected chi connectivity index (χ0v) is 9.77. The summed E-state index contributed by atoms with van der Waals surface area (Å²) in [4.78, 5) is 13.7. The van der Waals surface area contributed by atoms with Crippen LogP contribution < -0.4 is 0 Å². The van der Waals surface area contributed by atoms with Crippen LogP contribution in [-0.2, 0) is 9.53 Å². The molecule has 0 aromatic heterocycles. The third-order valence-corrected chi connectivity index (χ3v) is 2.70. The predicted octanol–water partition coefficient (Wildman–Crippen LogP) is 0.783. The molecule has 0 saturated carbocycles. The van der Waals surface area contributed by atoms with Gasteiger partial charge in [-0.3, -0.25) is 4.79 Å². The maximum absolute atomic E-state index is 11.8. The minimum Gasteiger partial charge on any atom is -0.393 e. The van der Waals surface area contributed by atoms with E-state index in [4.69, 9.17) is 9.84 Å². The Kier molecular flexibility index (Phi) is 4.54. The van der Waals surface area contributed by atoms with E-state index in [0.717, 1.165) is 0 Å². The molecule has 1 amide bonds. The van der Waals surface area contributed by atoms with E-state index in [0.29, 0.717) is 26.0 Å². The van der Waals surface area contributed by atoms with Crippen molar-refractivity contribution >= 4 is 5.91 Å². The molecular formula is C11H21NO3. The molecule has 0 radical (unpaired) electrons. The molecule has 15 heavy (non-hydrogen) atoms. The maximum atomic E-state index is 11.8. The number of carbonyl (C=O) groups excluding carboxylic acids is 1. The van der Waals surface area contributed by atoms with Crippen LogP contribution in [0.15, 0.2) is 0 Å². The molecule has 4 heteroatoms. The highest BCUT2D eigenvalue weighted by Crippen LogP contribution is 2.13. The lowest BCUT2D eigenvalue weighted by atomic mass is 10.1. The van der Waals surface area contributed by atoms with E-state index < -0.39 is 6.10 Å². The first-order valence-corrected chi connectivity index (χ1v) is 5.60. The summed E-state index contributed by atoms with van der Waals surface area (Å²) in [6.07, 6.45) is 0.686. The van der Waals surface area contributed by atoms with Gasteiger partial charge in [0.25, 0.3) is 0 Å². The van der Waals surface area contributed by atoms with Gasteiger partial charge in [-0.25, -0.2) is 0 Å². The molecule has 1 fully saturated rings. The molecule has 1 N–H and O–H groups in total. The van der Waals surface area contributed by atoms with Crippen LogP contribution in [0.3, 0.4) is 0 Å². The van der Waals surface area contributed by atoms with Crippen molar-refractivity contribution in [3.8, 4) is 0 Å². The van der Waals surface area contributed by atoms with Gasteiger partial charge in [0.05, 0.1) is 24.9 Å². The molecule has 88 valence electrons. The van der Waals surface area contributed by atoms with E-state index in [2.05, 4.69) is 0 Å². The number of nitrogens with zero attached hydrogens (tertiary/aromatic N) is 1. The largest absolute Gasteiger partial charge is 0.393 e. The normalized spacial score (nSPS) is 28.9. The first-order chi connectivity index (χ1) is 7.00. The van der Waals surface area contributed by atoms with Gasteiger partial charge >= 0.3 is 0 Å². The van der Waals surface area contributed by atoms with E-state index in [-0.39, 0.29) is 18.1 Å². The Morgan fingerprint density at radius 2 is 2.27 bits per heavy atom. The average molecular weight is 215 g/mol. The topological polar surface area (TPSA) is 49.8 Å². The van der Waals surface area contributed by atoms with Crippen LogP contribution in [0.5, 0.6) is 0 Å². The van der Waals surface area contributed by atoms with Crippen molar-refractivity contribution in [1.29, 1.82) is 0 Å². The zero-order chi connectivity index (χ0) is 11.4. The Hall–Kier alpha value is -0.610. The number of carbonyl (C=O) groups is 1. The molecule has 3 atom stereocenters. The maximum Gasteiger partial charge on any atom is 0.223 e. The second kappa shape index (κ2) is 5.47. The third-order valence-electron chi connectivity index (χ3n) is 2.70. The van der Waals surface area contributed by atoms with Gasteiger partial charge in [-0.1, -0.05) is 0 Å². The van der Waals surface area contributed by atoms with Crippen molar-refractivity contribution in [3.63, 3.8) is 0 Å². The number of rotatable bonds is 3. The number of hydrogen-bond donors (Lipinski definition) is 1. The minimum absolute atomic E-state index is 0.122. The Balaban J connectivity index is 2.42. The molecule has 1 aliphatic heterocycles. The summed E-state index contributed by atoms with van der Waals surface area (Å²) >= 11 is 0. The molecule has 3 unspecified atom stereocenters. The van der Waals surface area contributed by atoms with Gasteiger partial charge in [-0.05, 0) is 27.2 Å². The number of ether oxygens (including phenoxy) is 1. The van der Waals surface area contributed by atoms with Gasteiger partial charge in [-0.2, -0.15) is 0 Å². The lowest BCUT2D eigenvalue weighted by molar-refractivity contribution is -0.143. The molecule has 1 saturated heterocycles. The summed E-state index contributed by atoms with van der Waals surface area (Å²) in [6, 6.07) is 0.155. The predicted molar refractivity (Wildman–Crippen MR) is 57.5 cm³/mol. The van der Waals surface area contributed by atoms with Gasteiger partial charge in [0.2, 0.25) is 5.91 Å². The van der Waals surface area contributed by atoms with Crippen LogP contribution in [0.4, 0.5) is 0 Å². The number of morpholine rings is 1. The van der Waals surface area contributed by atoms with E-state index in [1.165, 1.54) is 0 Å². The summed E-state index contributed by atoms with van der Waals surface area (Å²) in [7, 11) is 0. The highest BCUT2D eigenvalue weighted by molar-refractivity contribution is 5.76. The number of aliphatic hydroxyl groups excluding tert-OH is 1. The van der Waals surface area contributed by atoms with E-state index in [1.54, 1.807) is 6.92 Å². The first-order valence-electron chi connectivity index (χ1n) is 5.60. The highest BCUT2D eigenvalue weighted by Gasteiger charge is 2.27. The monoisotopic (exact) mass is 215 g/mol. The molecule has 1 aliphatic rings. The number of hydrogen-bond acceptors (Lipinski definition) is 3. The SMILES string of the molecule is CC(O)CCC(=O)N1CC(C)OCC1C. The lowest BCUT2D eigenvalue weighted by Gasteiger charge is -2.37. The van der Waals surface area contributed by atoms with Crippen LogP contribution in [0.1, 0.15) is 33.6 Å². The molecule has 0 spiro atoms. The molecular weight excluding hydrogens is 194 g/mol. The standard InChI is InChI=1S/C11H21NO3/c1-8-7-15-10(3)6-12(8)11(14)5-4-9(2)13/h8-10,13H,4-7H2,1-3H3. The quantitative estimate of drug-likeness (QED) is 0.757. The van der Waals surface area contributed by atoms with Crippen LogP contribution in [0.25, 0.3) is 0 Å². The van der Waals surface area contributed by atoms with E-state index in [9.17, 15) is 4.79 Å². The molecule has 1 rings (SSSR count). The molecule has 0 aliphatic carbocycles. The Labute approximate surface area is 91.2 Å². The van der Waals surface area contributed by atoms with Crippen molar-refractivity contribution in [1.82, 2.24) is 4.90 Å². The van der Waals surface area contributed by atoms with Crippen molar-refractivity contribution in [2.45, 2.75) is 51.9 Å². The molecule has 1 heterocycles. The Morgan fingerprint density at radius 3 is 2.87 bits per heavy atom. The van der Waals surface area contributed by atoms with Crippen LogP contribution in [-0.4, -0.2) is 47.3 Å². The van der Waals surface area contributed by atoms with Crippen molar-refractivity contribution in [2.75, 3.05) is 13.2 Å². The van der Waals surface area contributed by atoms with Gasteiger partial charge < -0.3 is 14.7 Å². The molecule has 4 nitrogen and oxygen atoms in total. The van der Waals surface area contributed by atoms with Crippen LogP contribution in [0.2, 0.25) is 0 Å². The van der Waals surface area contributed by atoms with Crippen molar-refractivity contribution in [2.24, 2.45) is 0 Å². The summed E-state index contributed by atoms with van der Waals surface area (Å²) in [5, 5.41) is 9.12. The highest BCUT2D eigenvalue weighted by atomic mass is 16.5. The summed E-state index contributed by atoms with van der Waals surface area (Å²) in [6.45, 7) is 6.95. The molecule has 0 aromatic carbocycles. The molecule has 0 bridgehead atoms. The van der Waals surface area contributed by atoms with E-state index in [1.807, 2.05) is 18.7 Å². The van der Waals surface area contributed by atoms with Crippen molar-refractivity contribution < 1.29 is 14.6 Å². The smallest absolute Gasteiger partial charge is 0.223 e. The average Bonchev–Trinajstić information content (AvgIpc) is 2.18. The van der Waals surface area contributed by atoms with Gasteiger partial charge in [0.1, 0.15) is 0 Å². The van der Waals surface area contributed by atoms with Gasteiger partial charge in [0, 0.05) is 13.0 Å². The zero-order valence-electron chi connectivity index (χ0n) is 9.77. The fourth-order valence-corrected chi connectivity index (χ4v) is 1.73. The van der Waals surface area contributed by atoms with E-state index >= 15 is 0 Å². The number of amides is 1. The van der Waals surface area contributed by atoms with Crippen LogP contribution >= 0.6 is 0 Å². The summed E-state index contributed by atoms with van der Waals surface area (Å²) in [5.74, 6) is 0.124. The van der Waals surface area contributed by atoms with Crippen LogP contribution in [0, 0.1) is 0 Å². The van der Waals surface area contributed by atoms with Gasteiger partial charge in [-0.15, -0.1) is 0 Å². The fourth-order valence-electron chi connectivity index (χ4n) is 1.73. The minimum atomic E-state index is -0.400. The number of aliphatic hydroxyl groups is 1. The van der Waals surface area contributed by atoms with Gasteiger partial charge in [0.15, 0.2) is 0 Å². The first kappa shape index (κ1) is 12.5. The Morgan fingerprint density at radius 1 is 1.60 bits per heavy atom. The Bertz CT molecular complexity index is 218. The second-order valence-electron chi connectivity index (χ2n) is 4.43. The van der Waals surface area contributed by atoms with Crippen molar-refractivity contribution in [3.05, 3.63) is 0 Å². The second-order valence-corrected chi connectivity index (χ2v) is 4.43. The molecule has 0 aromatic rings. The fraction of sp³-hybridized carbons (Fsp3) is 0.909. The lowest BCUT2D eigenvalue weighted by Crippen LogP contribution is -2.50. The summed E-state index contributed by atoms with van der Waals surface area (Å²) < 4.78 is 5.45.